The van der Waals surface area contributed by atoms with Crippen molar-refractivity contribution in [1.29, 1.82) is 0 Å². The number of likely N-dealkylation sites (N-methyl/N-ethyl adjacent to an activating group) is 1. The third-order valence-electron chi connectivity index (χ3n) is 3.35. The molecular formula is C13H21N3. The Morgan fingerprint density at radius 1 is 1.38 bits per heavy atom. The molecule has 0 bridgehead atoms. The van der Waals surface area contributed by atoms with Gasteiger partial charge in [-0.3, -0.25) is 0 Å². The van der Waals surface area contributed by atoms with E-state index >= 15 is 0 Å². The van der Waals surface area contributed by atoms with Gasteiger partial charge in [-0.2, -0.15) is 0 Å². The minimum atomic E-state index is 0.540. The summed E-state index contributed by atoms with van der Waals surface area (Å²) in [5, 5.41) is 0. The average Bonchev–Trinajstić information content (AvgIpc) is 2.29. The van der Waals surface area contributed by atoms with E-state index in [4.69, 9.17) is 0 Å². The average molecular weight is 219 g/mol. The molecule has 2 atom stereocenters. The van der Waals surface area contributed by atoms with Gasteiger partial charge in [0.25, 0.3) is 0 Å². The molecule has 1 aromatic rings. The Labute approximate surface area is 98.1 Å². The maximum absolute atomic E-state index is 4.48. The number of nitrogens with zero attached hydrogens (tertiary/aromatic N) is 3. The van der Waals surface area contributed by atoms with Crippen LogP contribution in [0.4, 0.5) is 5.82 Å². The van der Waals surface area contributed by atoms with E-state index in [1.54, 1.807) is 0 Å². The zero-order valence-corrected chi connectivity index (χ0v) is 10.4. The van der Waals surface area contributed by atoms with E-state index in [-0.39, 0.29) is 0 Å². The number of hydrogen-bond donors (Lipinski definition) is 0. The number of hydrogen-bond acceptors (Lipinski definition) is 3. The van der Waals surface area contributed by atoms with Crippen LogP contribution in [0.25, 0.3) is 0 Å². The van der Waals surface area contributed by atoms with Crippen molar-refractivity contribution in [2.45, 2.75) is 32.4 Å². The van der Waals surface area contributed by atoms with Gasteiger partial charge in [0.05, 0.1) is 0 Å². The second-order valence-electron chi connectivity index (χ2n) is 4.73. The van der Waals surface area contributed by atoms with Gasteiger partial charge >= 0.3 is 0 Å². The molecule has 1 aliphatic rings. The Bertz CT molecular complexity index is 325. The van der Waals surface area contributed by atoms with E-state index in [0.29, 0.717) is 12.1 Å². The predicted octanol–water partition coefficient (Wildman–Crippen LogP) is 2.00. The monoisotopic (exact) mass is 219 g/mol. The number of rotatable bonds is 2. The van der Waals surface area contributed by atoms with Crippen LogP contribution in [0.3, 0.4) is 0 Å². The van der Waals surface area contributed by atoms with Gasteiger partial charge in [-0.1, -0.05) is 13.0 Å². The first-order valence-corrected chi connectivity index (χ1v) is 6.10. The molecule has 3 heteroatoms. The summed E-state index contributed by atoms with van der Waals surface area (Å²) in [5.41, 5.74) is 0. The molecule has 0 saturated carbocycles. The van der Waals surface area contributed by atoms with Crippen LogP contribution in [-0.2, 0) is 0 Å². The van der Waals surface area contributed by atoms with Crippen LogP contribution in [0, 0.1) is 0 Å². The van der Waals surface area contributed by atoms with Gasteiger partial charge in [-0.25, -0.2) is 4.98 Å². The highest BCUT2D eigenvalue weighted by atomic mass is 15.3. The maximum atomic E-state index is 4.48. The van der Waals surface area contributed by atoms with Gasteiger partial charge < -0.3 is 9.80 Å². The number of pyridine rings is 1. The maximum Gasteiger partial charge on any atom is 0.129 e. The van der Waals surface area contributed by atoms with Crippen LogP contribution in [0.1, 0.15) is 20.3 Å². The van der Waals surface area contributed by atoms with Crippen LogP contribution in [0.5, 0.6) is 0 Å². The van der Waals surface area contributed by atoms with Crippen molar-refractivity contribution in [3.8, 4) is 0 Å². The predicted molar refractivity (Wildman–Crippen MR) is 67.8 cm³/mol. The van der Waals surface area contributed by atoms with E-state index in [0.717, 1.165) is 18.9 Å². The zero-order chi connectivity index (χ0) is 11.5. The van der Waals surface area contributed by atoms with Crippen molar-refractivity contribution in [1.82, 2.24) is 9.88 Å². The molecule has 0 spiro atoms. The summed E-state index contributed by atoms with van der Waals surface area (Å²) >= 11 is 0. The molecule has 1 fully saturated rings. The molecule has 1 aromatic heterocycles. The van der Waals surface area contributed by atoms with Gasteiger partial charge in [0, 0.05) is 31.4 Å². The van der Waals surface area contributed by atoms with Crippen molar-refractivity contribution < 1.29 is 0 Å². The highest BCUT2D eigenvalue weighted by Crippen LogP contribution is 2.23. The molecule has 2 unspecified atom stereocenters. The Balaban J connectivity index is 2.23. The largest absolute Gasteiger partial charge is 0.348 e. The smallest absolute Gasteiger partial charge is 0.129 e. The molecule has 0 amide bonds. The van der Waals surface area contributed by atoms with Crippen LogP contribution in [-0.4, -0.2) is 42.1 Å². The van der Waals surface area contributed by atoms with E-state index in [9.17, 15) is 0 Å². The number of piperazine rings is 1. The lowest BCUT2D eigenvalue weighted by Gasteiger charge is -2.45. The Hall–Kier alpha value is -1.09. The summed E-state index contributed by atoms with van der Waals surface area (Å²) in [7, 11) is 2.20. The summed E-state index contributed by atoms with van der Waals surface area (Å²) in [6, 6.07) is 7.29. The SMILES string of the molecule is CCC1CN(C)CC(C)N1c1ccccn1. The van der Waals surface area contributed by atoms with Crippen LogP contribution in [0.15, 0.2) is 24.4 Å². The van der Waals surface area contributed by atoms with E-state index in [1.807, 2.05) is 12.3 Å². The first-order valence-electron chi connectivity index (χ1n) is 6.10. The molecule has 0 radical (unpaired) electrons. The summed E-state index contributed by atoms with van der Waals surface area (Å²) in [6.07, 6.45) is 3.05. The second-order valence-corrected chi connectivity index (χ2v) is 4.73. The number of anilines is 1. The molecule has 16 heavy (non-hydrogen) atoms. The minimum Gasteiger partial charge on any atom is -0.348 e. The second kappa shape index (κ2) is 4.83. The van der Waals surface area contributed by atoms with Crippen molar-refractivity contribution in [3.63, 3.8) is 0 Å². The molecule has 3 nitrogen and oxygen atoms in total. The molecule has 2 rings (SSSR count). The van der Waals surface area contributed by atoms with Crippen LogP contribution in [0.2, 0.25) is 0 Å². The van der Waals surface area contributed by atoms with E-state index in [1.165, 1.54) is 6.42 Å². The van der Waals surface area contributed by atoms with Crippen molar-refractivity contribution >= 4 is 5.82 Å². The third-order valence-corrected chi connectivity index (χ3v) is 3.35. The molecular weight excluding hydrogens is 198 g/mol. The van der Waals surface area contributed by atoms with E-state index < -0.39 is 0 Å². The summed E-state index contributed by atoms with van der Waals surface area (Å²) in [4.78, 5) is 9.37. The number of aromatic nitrogens is 1. The highest BCUT2D eigenvalue weighted by Gasteiger charge is 2.29. The first kappa shape index (κ1) is 11.4. The third kappa shape index (κ3) is 2.19. The van der Waals surface area contributed by atoms with Crippen LogP contribution < -0.4 is 4.90 Å². The summed E-state index contributed by atoms with van der Waals surface area (Å²) in [6.45, 7) is 6.80. The van der Waals surface area contributed by atoms with Gasteiger partial charge in [0.15, 0.2) is 0 Å². The molecule has 0 aliphatic carbocycles. The topological polar surface area (TPSA) is 19.4 Å². The quantitative estimate of drug-likeness (QED) is 0.758. The van der Waals surface area contributed by atoms with E-state index in [2.05, 4.69) is 47.8 Å². The molecule has 0 aromatic carbocycles. The van der Waals surface area contributed by atoms with Crippen molar-refractivity contribution in [2.24, 2.45) is 0 Å². The fourth-order valence-electron chi connectivity index (χ4n) is 2.67. The lowest BCUT2D eigenvalue weighted by Crippen LogP contribution is -2.56. The van der Waals surface area contributed by atoms with Crippen molar-refractivity contribution in [3.05, 3.63) is 24.4 Å². The van der Waals surface area contributed by atoms with Gasteiger partial charge in [0.1, 0.15) is 5.82 Å². The Kier molecular flexibility index (Phi) is 3.44. The molecule has 88 valence electrons. The lowest BCUT2D eigenvalue weighted by molar-refractivity contribution is 0.228. The highest BCUT2D eigenvalue weighted by molar-refractivity contribution is 5.41. The molecule has 0 N–H and O–H groups in total. The first-order chi connectivity index (χ1) is 7.72. The van der Waals surface area contributed by atoms with Crippen LogP contribution >= 0.6 is 0 Å². The Morgan fingerprint density at radius 2 is 2.19 bits per heavy atom. The van der Waals surface area contributed by atoms with Gasteiger partial charge in [-0.05, 0) is 32.5 Å². The zero-order valence-electron chi connectivity index (χ0n) is 10.4. The lowest BCUT2D eigenvalue weighted by atomic mass is 10.1. The Morgan fingerprint density at radius 3 is 2.81 bits per heavy atom. The van der Waals surface area contributed by atoms with Gasteiger partial charge in [-0.15, -0.1) is 0 Å². The van der Waals surface area contributed by atoms with Crippen molar-refractivity contribution in [2.75, 3.05) is 25.0 Å². The molecule has 2 heterocycles. The summed E-state index contributed by atoms with van der Waals surface area (Å²) < 4.78 is 0. The molecule has 1 aliphatic heterocycles. The minimum absolute atomic E-state index is 0.540. The molecule has 1 saturated heterocycles. The fraction of sp³-hybridized carbons (Fsp3) is 0.615. The standard InChI is InChI=1S/C13H21N3/c1-4-12-10-15(3)9-11(2)16(12)13-7-5-6-8-14-13/h5-8,11-12H,4,9-10H2,1-3H3. The van der Waals surface area contributed by atoms with Gasteiger partial charge in [0.2, 0.25) is 0 Å². The fourth-order valence-corrected chi connectivity index (χ4v) is 2.67. The normalized spacial score (nSPS) is 27.1. The summed E-state index contributed by atoms with van der Waals surface area (Å²) in [5.74, 6) is 1.12.